The zero-order chi connectivity index (χ0) is 35.4. The van der Waals surface area contributed by atoms with Crippen LogP contribution in [0, 0.1) is 23.2 Å². The van der Waals surface area contributed by atoms with Crippen molar-refractivity contribution in [3.8, 4) is 0 Å². The van der Waals surface area contributed by atoms with Gasteiger partial charge in [0.2, 0.25) is 11.8 Å². The Labute approximate surface area is 293 Å². The van der Waals surface area contributed by atoms with Crippen LogP contribution in [0.5, 0.6) is 0 Å². The molecule has 3 aliphatic rings. The zero-order valence-electron chi connectivity index (χ0n) is 30.2. The number of hydrogen-bond donors (Lipinski definition) is 3. The van der Waals surface area contributed by atoms with Gasteiger partial charge in [-0.15, -0.1) is 0 Å². The molecule has 272 valence electrons. The third kappa shape index (κ3) is 10.2. The first-order valence-corrected chi connectivity index (χ1v) is 19.9. The molecule has 1 saturated heterocycles. The number of nitrogens with zero attached hydrogens (tertiary/aromatic N) is 1. The highest BCUT2D eigenvalue weighted by Gasteiger charge is 2.51. The number of sulfone groups is 1. The highest BCUT2D eigenvalue weighted by Crippen LogP contribution is 2.45. The molecule has 10 nitrogen and oxygen atoms in total. The molecule has 2 aromatic rings. The minimum absolute atomic E-state index is 0.100. The lowest BCUT2D eigenvalue weighted by molar-refractivity contribution is -0.138. The summed E-state index contributed by atoms with van der Waals surface area (Å²) in [5.74, 6) is -1.13. The van der Waals surface area contributed by atoms with Crippen LogP contribution in [-0.4, -0.2) is 71.3 Å². The Bertz CT molecular complexity index is 1470. The van der Waals surface area contributed by atoms with Gasteiger partial charge in [-0.3, -0.25) is 9.59 Å². The minimum Gasteiger partial charge on any atom is -0.349 e. The molecule has 0 radical (unpaired) electrons. The van der Waals surface area contributed by atoms with E-state index in [1.54, 1.807) is 33.3 Å². The summed E-state index contributed by atoms with van der Waals surface area (Å²) in [5, 5.41) is 6.35. The summed E-state index contributed by atoms with van der Waals surface area (Å²) in [6.45, 7) is 11.3. The van der Waals surface area contributed by atoms with Crippen molar-refractivity contribution in [2.45, 2.75) is 141 Å². The van der Waals surface area contributed by atoms with Crippen LogP contribution in [0.15, 0.2) is 42.9 Å². The quantitative estimate of drug-likeness (QED) is 0.236. The Balaban J connectivity index is 1.41. The highest BCUT2D eigenvalue weighted by atomic mass is 32.2. The van der Waals surface area contributed by atoms with Gasteiger partial charge < -0.3 is 25.1 Å². The monoisotopic (exact) mass is 698 g/mol. The van der Waals surface area contributed by atoms with E-state index in [-0.39, 0.29) is 54.5 Å². The molecular weight excluding hydrogens is 641 g/mol. The summed E-state index contributed by atoms with van der Waals surface area (Å²) in [6.07, 6.45) is 11.6. The van der Waals surface area contributed by atoms with E-state index in [1.807, 2.05) is 30.3 Å². The van der Waals surface area contributed by atoms with Gasteiger partial charge in [-0.2, -0.15) is 0 Å². The van der Waals surface area contributed by atoms with Crippen molar-refractivity contribution >= 4 is 21.7 Å². The van der Waals surface area contributed by atoms with Crippen LogP contribution in [0.2, 0.25) is 0 Å². The second-order valence-electron chi connectivity index (χ2n) is 16.7. The van der Waals surface area contributed by atoms with E-state index in [2.05, 4.69) is 41.4 Å². The lowest BCUT2D eigenvalue weighted by atomic mass is 9.82. The minimum atomic E-state index is -3.65. The smallest absolute Gasteiger partial charge is 0.243 e. The van der Waals surface area contributed by atoms with Gasteiger partial charge in [-0.05, 0) is 63.9 Å². The second kappa shape index (κ2) is 15.6. The summed E-state index contributed by atoms with van der Waals surface area (Å²) in [7, 11) is -3.65. The maximum atomic E-state index is 14.4. The lowest BCUT2D eigenvalue weighted by Crippen LogP contribution is -2.56. The van der Waals surface area contributed by atoms with Gasteiger partial charge >= 0.3 is 0 Å². The van der Waals surface area contributed by atoms with Crippen LogP contribution in [-0.2, 0) is 41.7 Å². The van der Waals surface area contributed by atoms with Crippen LogP contribution in [0.3, 0.4) is 0 Å². The number of benzene rings is 1. The Morgan fingerprint density at radius 3 is 2.20 bits per heavy atom. The van der Waals surface area contributed by atoms with E-state index >= 15 is 0 Å². The molecule has 6 atom stereocenters. The molecule has 3 fully saturated rings. The zero-order valence-corrected chi connectivity index (χ0v) is 31.1. The van der Waals surface area contributed by atoms with Crippen molar-refractivity contribution in [3.63, 3.8) is 0 Å². The van der Waals surface area contributed by atoms with E-state index in [0.29, 0.717) is 17.5 Å². The molecule has 2 aliphatic carbocycles. The topological polar surface area (TPSA) is 139 Å². The summed E-state index contributed by atoms with van der Waals surface area (Å²) < 4.78 is 39.0. The van der Waals surface area contributed by atoms with E-state index in [1.165, 1.54) is 19.3 Å². The molecule has 5 rings (SSSR count). The van der Waals surface area contributed by atoms with Gasteiger partial charge in [0.25, 0.3) is 0 Å². The Kier molecular flexibility index (Phi) is 12.0. The van der Waals surface area contributed by atoms with Gasteiger partial charge in [0.05, 0.1) is 34.9 Å². The fourth-order valence-corrected chi connectivity index (χ4v) is 8.40. The average molecular weight is 699 g/mol. The van der Waals surface area contributed by atoms with Crippen LogP contribution in [0.4, 0.5) is 0 Å². The van der Waals surface area contributed by atoms with E-state index in [4.69, 9.17) is 9.47 Å². The standard InChI is InChI=1S/C38H58N4O6S/c1-37(2,3)36-47-32(27-17-18-27)33(48-36)30(20-26-15-11-8-12-16-26)41-35(44)31(21-29-22-39-24-40-29)42-34(43)28(19-25-13-9-7-10-14-25)23-49(45,46)38(4,5)6/h7,9-10,13-14,22,24,26-28,30-33,36H,8,11-12,15-21,23H2,1-6H3,(H,39,40)(H,41,44)(H,42,43)/t28-,30+,31+,32+,33-,36?/m1/s1. The van der Waals surface area contributed by atoms with Gasteiger partial charge in [-0.1, -0.05) is 83.2 Å². The Morgan fingerprint density at radius 2 is 1.61 bits per heavy atom. The van der Waals surface area contributed by atoms with E-state index in [0.717, 1.165) is 37.7 Å². The van der Waals surface area contributed by atoms with Crippen LogP contribution < -0.4 is 10.6 Å². The maximum absolute atomic E-state index is 14.4. The fraction of sp³-hybridized carbons (Fsp3) is 0.711. The van der Waals surface area contributed by atoms with E-state index in [9.17, 15) is 18.0 Å². The first kappa shape index (κ1) is 37.5. The summed E-state index contributed by atoms with van der Waals surface area (Å²) in [6, 6.07) is 8.15. The highest BCUT2D eigenvalue weighted by molar-refractivity contribution is 7.92. The molecule has 11 heteroatoms. The number of H-pyrrole nitrogens is 1. The molecule has 0 spiro atoms. The molecule has 1 aliphatic heterocycles. The van der Waals surface area contributed by atoms with Crippen molar-refractivity contribution in [2.24, 2.45) is 23.2 Å². The van der Waals surface area contributed by atoms with Crippen molar-refractivity contribution in [1.82, 2.24) is 20.6 Å². The predicted molar refractivity (Wildman–Crippen MR) is 190 cm³/mol. The first-order chi connectivity index (χ1) is 23.1. The number of aromatic amines is 1. The third-order valence-electron chi connectivity index (χ3n) is 10.4. The van der Waals surface area contributed by atoms with Crippen LogP contribution in [0.1, 0.15) is 104 Å². The number of hydrogen-bond acceptors (Lipinski definition) is 7. The predicted octanol–water partition coefficient (Wildman–Crippen LogP) is 5.53. The van der Waals surface area contributed by atoms with Crippen molar-refractivity contribution in [1.29, 1.82) is 0 Å². The molecule has 2 amide bonds. The molecule has 49 heavy (non-hydrogen) atoms. The molecule has 1 aromatic carbocycles. The average Bonchev–Trinajstić information content (AvgIpc) is 3.55. The van der Waals surface area contributed by atoms with Crippen molar-refractivity contribution < 1.29 is 27.5 Å². The number of rotatable bonds is 14. The number of carbonyl (C=O) groups is 2. The molecule has 1 aromatic heterocycles. The summed E-state index contributed by atoms with van der Waals surface area (Å²) >= 11 is 0. The third-order valence-corrected chi connectivity index (χ3v) is 13.1. The normalized spacial score (nSPS) is 24.2. The molecule has 2 saturated carbocycles. The van der Waals surface area contributed by atoms with Crippen molar-refractivity contribution in [3.05, 3.63) is 54.1 Å². The van der Waals surface area contributed by atoms with Gasteiger partial charge in [0.1, 0.15) is 12.1 Å². The summed E-state index contributed by atoms with van der Waals surface area (Å²) in [4.78, 5) is 35.8. The van der Waals surface area contributed by atoms with Gasteiger partial charge in [0.15, 0.2) is 16.1 Å². The number of nitrogens with one attached hydrogen (secondary N) is 3. The molecule has 1 unspecified atom stereocenters. The second-order valence-corrected chi connectivity index (χ2v) is 19.5. The molecule has 0 bridgehead atoms. The number of amides is 2. The van der Waals surface area contributed by atoms with Crippen molar-refractivity contribution in [2.75, 3.05) is 5.75 Å². The van der Waals surface area contributed by atoms with Gasteiger partial charge in [0, 0.05) is 23.7 Å². The maximum Gasteiger partial charge on any atom is 0.243 e. The van der Waals surface area contributed by atoms with Crippen LogP contribution in [0.25, 0.3) is 0 Å². The van der Waals surface area contributed by atoms with E-state index < -0.39 is 32.5 Å². The van der Waals surface area contributed by atoms with Crippen LogP contribution >= 0.6 is 0 Å². The Morgan fingerprint density at radius 1 is 0.918 bits per heavy atom. The SMILES string of the molecule is CC(C)(C)C1O[C@H]([C@H](CC2CCCCC2)NC(=O)[C@H](Cc2cnc[nH]2)NC(=O)[C@H](Cc2ccccc2)CS(=O)(=O)C(C)(C)C)[C@H](C2CC2)O1. The molecule has 2 heterocycles. The number of carbonyl (C=O) groups excluding carboxylic acids is 2. The number of imidazole rings is 1. The first-order valence-electron chi connectivity index (χ1n) is 18.3. The lowest BCUT2D eigenvalue weighted by Gasteiger charge is -2.33. The molecule has 3 N–H and O–H groups in total. The Hall–Kier alpha value is -2.76. The molecular formula is C38H58N4O6S. The fourth-order valence-electron chi connectivity index (χ4n) is 7.10. The summed E-state index contributed by atoms with van der Waals surface area (Å²) in [5.41, 5.74) is 1.32. The largest absolute Gasteiger partial charge is 0.349 e. The number of aromatic nitrogens is 2. The van der Waals surface area contributed by atoms with Gasteiger partial charge in [-0.25, -0.2) is 13.4 Å². The number of ether oxygens (including phenoxy) is 2.